The first-order valence-corrected chi connectivity index (χ1v) is 10.2. The first-order chi connectivity index (χ1) is 8.82. The molecule has 1 unspecified atom stereocenters. The van der Waals surface area contributed by atoms with Gasteiger partial charge in [0.05, 0.1) is 16.4 Å². The summed E-state index contributed by atoms with van der Waals surface area (Å²) in [5, 5.41) is 0. The molecule has 1 aromatic carbocycles. The van der Waals surface area contributed by atoms with E-state index in [1.165, 1.54) is 23.9 Å². The van der Waals surface area contributed by atoms with Gasteiger partial charge < -0.3 is 0 Å². The van der Waals surface area contributed by atoms with Gasteiger partial charge in [-0.05, 0) is 36.9 Å². The Morgan fingerprint density at radius 1 is 1.26 bits per heavy atom. The summed E-state index contributed by atoms with van der Waals surface area (Å²) in [7, 11) is -6.73. The van der Waals surface area contributed by atoms with Crippen LogP contribution in [0.3, 0.4) is 0 Å². The molecule has 0 radical (unpaired) electrons. The standard InChI is InChI=1S/C11H15NO4S3/c1-17-10-2-4-11(5-3-10)19(15,16)12-9-6-7-18(13,14)8-9/h2-5,9,12H,6-8H2,1H3. The Labute approximate surface area is 117 Å². The molecule has 1 aliphatic heterocycles. The number of nitrogens with one attached hydrogen (secondary N) is 1. The number of sulfone groups is 1. The predicted octanol–water partition coefficient (Wildman–Crippen LogP) is 0.874. The molecule has 0 bridgehead atoms. The van der Waals surface area contributed by atoms with Gasteiger partial charge in [0.1, 0.15) is 0 Å². The molecule has 1 N–H and O–H groups in total. The summed E-state index contributed by atoms with van der Waals surface area (Å²) in [6.07, 6.45) is 2.25. The van der Waals surface area contributed by atoms with E-state index in [-0.39, 0.29) is 16.4 Å². The van der Waals surface area contributed by atoms with Gasteiger partial charge in [-0.15, -0.1) is 11.8 Å². The van der Waals surface area contributed by atoms with Crippen molar-refractivity contribution in [2.45, 2.75) is 22.3 Å². The average Bonchev–Trinajstić information content (AvgIpc) is 2.68. The van der Waals surface area contributed by atoms with E-state index in [2.05, 4.69) is 4.72 Å². The maximum Gasteiger partial charge on any atom is 0.240 e. The molecule has 0 aromatic heterocycles. The Hall–Kier alpha value is -0.570. The topological polar surface area (TPSA) is 80.3 Å². The third-order valence-corrected chi connectivity index (χ3v) is 6.97. The molecule has 5 nitrogen and oxygen atoms in total. The monoisotopic (exact) mass is 321 g/mol. The van der Waals surface area contributed by atoms with E-state index in [9.17, 15) is 16.8 Å². The molecule has 8 heteroatoms. The fourth-order valence-corrected chi connectivity index (χ4v) is 5.39. The molecule has 106 valence electrons. The van der Waals surface area contributed by atoms with Gasteiger partial charge in [0.2, 0.25) is 10.0 Å². The van der Waals surface area contributed by atoms with Crippen molar-refractivity contribution < 1.29 is 16.8 Å². The Balaban J connectivity index is 2.14. The first-order valence-electron chi connectivity index (χ1n) is 5.69. The second-order valence-electron chi connectivity index (χ2n) is 4.40. The second-order valence-corrected chi connectivity index (χ2v) is 9.22. The third-order valence-electron chi connectivity index (χ3n) is 2.92. The Kier molecular flexibility index (Phi) is 4.24. The summed E-state index contributed by atoms with van der Waals surface area (Å²) in [4.78, 5) is 1.14. The first kappa shape index (κ1) is 14.8. The fraction of sp³-hybridized carbons (Fsp3) is 0.455. The molecule has 2 rings (SSSR count). The van der Waals surface area contributed by atoms with Crippen LogP contribution >= 0.6 is 11.8 Å². The molecule has 19 heavy (non-hydrogen) atoms. The van der Waals surface area contributed by atoms with Crippen LogP contribution in [0, 0.1) is 0 Å². The summed E-state index contributed by atoms with van der Waals surface area (Å²) in [6, 6.07) is 5.99. The Morgan fingerprint density at radius 3 is 2.37 bits per heavy atom. The summed E-state index contributed by atoms with van der Waals surface area (Å²) in [5.74, 6) is -0.0687. The minimum Gasteiger partial charge on any atom is -0.229 e. The van der Waals surface area contributed by atoms with Crippen LogP contribution in [-0.2, 0) is 19.9 Å². The predicted molar refractivity (Wildman–Crippen MR) is 75.6 cm³/mol. The second kappa shape index (κ2) is 5.43. The van der Waals surface area contributed by atoms with Crippen LogP contribution in [0.1, 0.15) is 6.42 Å². The minimum absolute atomic E-state index is 0.0472. The van der Waals surface area contributed by atoms with Gasteiger partial charge in [0.15, 0.2) is 9.84 Å². The van der Waals surface area contributed by atoms with Crippen molar-refractivity contribution in [2.75, 3.05) is 17.8 Å². The zero-order valence-corrected chi connectivity index (χ0v) is 12.8. The molecule has 0 aliphatic carbocycles. The van der Waals surface area contributed by atoms with Crippen LogP contribution in [0.4, 0.5) is 0 Å². The lowest BCUT2D eigenvalue weighted by atomic mass is 10.3. The highest BCUT2D eigenvalue weighted by Gasteiger charge is 2.31. The highest BCUT2D eigenvalue weighted by Crippen LogP contribution is 2.19. The molecule has 0 spiro atoms. The van der Waals surface area contributed by atoms with Gasteiger partial charge in [-0.2, -0.15) is 0 Å². The average molecular weight is 321 g/mol. The van der Waals surface area contributed by atoms with E-state index in [0.29, 0.717) is 6.42 Å². The maximum atomic E-state index is 12.1. The number of hydrogen-bond donors (Lipinski definition) is 1. The maximum absolute atomic E-state index is 12.1. The van der Waals surface area contributed by atoms with Crippen LogP contribution < -0.4 is 4.72 Å². The smallest absolute Gasteiger partial charge is 0.229 e. The normalized spacial score (nSPS) is 22.5. The lowest BCUT2D eigenvalue weighted by molar-refractivity contribution is 0.562. The molecule has 1 heterocycles. The van der Waals surface area contributed by atoms with Crippen molar-refractivity contribution in [2.24, 2.45) is 0 Å². The van der Waals surface area contributed by atoms with E-state index in [1.54, 1.807) is 12.1 Å². The molecular formula is C11H15NO4S3. The van der Waals surface area contributed by atoms with E-state index < -0.39 is 25.9 Å². The van der Waals surface area contributed by atoms with Crippen molar-refractivity contribution in [1.29, 1.82) is 0 Å². The molecule has 1 aromatic rings. The summed E-state index contributed by atoms with van der Waals surface area (Å²) in [5.41, 5.74) is 0. The zero-order valence-electron chi connectivity index (χ0n) is 10.4. The Morgan fingerprint density at radius 2 is 1.89 bits per heavy atom. The zero-order chi connectivity index (χ0) is 14.1. The number of rotatable bonds is 4. The van der Waals surface area contributed by atoms with Crippen molar-refractivity contribution in [3.8, 4) is 0 Å². The molecule has 1 saturated heterocycles. The van der Waals surface area contributed by atoms with Gasteiger partial charge in [0, 0.05) is 10.9 Å². The summed E-state index contributed by atoms with van der Waals surface area (Å²) in [6.45, 7) is 0. The van der Waals surface area contributed by atoms with Crippen molar-refractivity contribution in [3.05, 3.63) is 24.3 Å². The van der Waals surface area contributed by atoms with Crippen molar-refractivity contribution >= 4 is 31.6 Å². The number of hydrogen-bond acceptors (Lipinski definition) is 5. The molecule has 1 fully saturated rings. The number of thioether (sulfide) groups is 1. The minimum atomic E-state index is -3.64. The fourth-order valence-electron chi connectivity index (χ4n) is 1.93. The van der Waals surface area contributed by atoms with Crippen molar-refractivity contribution in [3.63, 3.8) is 0 Å². The quantitative estimate of drug-likeness (QED) is 0.833. The van der Waals surface area contributed by atoms with Crippen LogP contribution in [-0.4, -0.2) is 40.6 Å². The van der Waals surface area contributed by atoms with Crippen LogP contribution in [0.25, 0.3) is 0 Å². The van der Waals surface area contributed by atoms with Gasteiger partial charge >= 0.3 is 0 Å². The SMILES string of the molecule is CSc1ccc(S(=O)(=O)NC2CCS(=O)(=O)C2)cc1. The van der Waals surface area contributed by atoms with Crippen LogP contribution in [0.2, 0.25) is 0 Å². The van der Waals surface area contributed by atoms with Gasteiger partial charge in [-0.3, -0.25) is 0 Å². The van der Waals surface area contributed by atoms with E-state index in [1.807, 2.05) is 6.26 Å². The van der Waals surface area contributed by atoms with Crippen molar-refractivity contribution in [1.82, 2.24) is 4.72 Å². The van der Waals surface area contributed by atoms with E-state index >= 15 is 0 Å². The number of sulfonamides is 1. The highest BCUT2D eigenvalue weighted by atomic mass is 32.2. The summed E-state index contributed by atoms with van der Waals surface area (Å²) >= 11 is 1.53. The summed E-state index contributed by atoms with van der Waals surface area (Å²) < 4.78 is 49.2. The van der Waals surface area contributed by atoms with Gasteiger partial charge in [0.25, 0.3) is 0 Å². The Bertz CT molecular complexity index is 650. The molecule has 0 amide bonds. The highest BCUT2D eigenvalue weighted by molar-refractivity contribution is 7.98. The van der Waals surface area contributed by atoms with E-state index in [0.717, 1.165) is 4.90 Å². The lowest BCUT2D eigenvalue weighted by Gasteiger charge is -2.11. The molecular weight excluding hydrogens is 306 g/mol. The van der Waals surface area contributed by atoms with Crippen LogP contribution in [0.5, 0.6) is 0 Å². The molecule has 1 aliphatic rings. The van der Waals surface area contributed by atoms with Crippen LogP contribution in [0.15, 0.2) is 34.1 Å². The van der Waals surface area contributed by atoms with Gasteiger partial charge in [-0.25, -0.2) is 21.6 Å². The van der Waals surface area contributed by atoms with E-state index in [4.69, 9.17) is 0 Å². The third kappa shape index (κ3) is 3.71. The molecule has 1 atom stereocenters. The molecule has 0 saturated carbocycles. The largest absolute Gasteiger partial charge is 0.240 e. The lowest BCUT2D eigenvalue weighted by Crippen LogP contribution is -2.35. The van der Waals surface area contributed by atoms with Gasteiger partial charge in [-0.1, -0.05) is 0 Å². The number of benzene rings is 1.